The van der Waals surface area contributed by atoms with Gasteiger partial charge in [0.25, 0.3) is 0 Å². The van der Waals surface area contributed by atoms with Gasteiger partial charge in [0.05, 0.1) is 6.54 Å². The van der Waals surface area contributed by atoms with Crippen LogP contribution in [0.1, 0.15) is 24.8 Å². The lowest BCUT2D eigenvalue weighted by Gasteiger charge is -2.27. The van der Waals surface area contributed by atoms with Crippen molar-refractivity contribution in [3.63, 3.8) is 0 Å². The average molecular weight is 316 g/mol. The molecule has 1 fully saturated rings. The first-order valence-electron chi connectivity index (χ1n) is 7.13. The molecule has 1 aromatic heterocycles. The summed E-state index contributed by atoms with van der Waals surface area (Å²) in [5.41, 5.74) is 6.63. The molecule has 0 amide bonds. The zero-order valence-electron chi connectivity index (χ0n) is 12.1. The summed E-state index contributed by atoms with van der Waals surface area (Å²) in [5, 5.41) is 0. The first-order chi connectivity index (χ1) is 10.4. The number of hydrogen-bond donors (Lipinski definition) is 1. The number of rotatable bonds is 4. The monoisotopic (exact) mass is 316 g/mol. The van der Waals surface area contributed by atoms with Crippen molar-refractivity contribution in [3.05, 3.63) is 23.9 Å². The fraction of sp³-hybridized carbons (Fsp3) is 0.571. The third kappa shape index (κ3) is 5.42. The Morgan fingerprint density at radius 2 is 2.05 bits per heavy atom. The predicted molar refractivity (Wildman–Crippen MR) is 76.5 cm³/mol. The maximum absolute atomic E-state index is 12.1. The number of pyridine rings is 1. The lowest BCUT2D eigenvalue weighted by atomic mass is 10.1. The van der Waals surface area contributed by atoms with E-state index < -0.39 is 12.8 Å². The number of guanidine groups is 1. The molecule has 5 nitrogen and oxygen atoms in total. The van der Waals surface area contributed by atoms with Gasteiger partial charge in [-0.2, -0.15) is 13.2 Å². The van der Waals surface area contributed by atoms with E-state index in [2.05, 4.69) is 14.7 Å². The first-order valence-corrected chi connectivity index (χ1v) is 7.13. The molecule has 2 N–H and O–H groups in total. The van der Waals surface area contributed by atoms with Crippen LogP contribution < -0.4 is 10.5 Å². The zero-order valence-corrected chi connectivity index (χ0v) is 12.1. The van der Waals surface area contributed by atoms with Crippen LogP contribution in [-0.2, 0) is 6.54 Å². The summed E-state index contributed by atoms with van der Waals surface area (Å²) < 4.78 is 40.9. The smallest absolute Gasteiger partial charge is 0.422 e. The molecule has 0 atom stereocenters. The van der Waals surface area contributed by atoms with E-state index in [-0.39, 0.29) is 12.4 Å². The quantitative estimate of drug-likeness (QED) is 0.684. The van der Waals surface area contributed by atoms with Crippen molar-refractivity contribution >= 4 is 5.96 Å². The van der Waals surface area contributed by atoms with Gasteiger partial charge in [-0.3, -0.25) is 0 Å². The summed E-state index contributed by atoms with van der Waals surface area (Å²) in [6, 6.07) is 3.12. The number of ether oxygens (including phenoxy) is 1. The van der Waals surface area contributed by atoms with Gasteiger partial charge in [0.2, 0.25) is 5.88 Å². The van der Waals surface area contributed by atoms with Gasteiger partial charge in [-0.15, -0.1) is 0 Å². The third-order valence-electron chi connectivity index (χ3n) is 3.29. The van der Waals surface area contributed by atoms with Crippen LogP contribution in [0.5, 0.6) is 5.88 Å². The number of piperidine rings is 1. The van der Waals surface area contributed by atoms with E-state index >= 15 is 0 Å². The Balaban J connectivity index is 1.92. The number of hydrogen-bond acceptors (Lipinski definition) is 3. The number of aromatic nitrogens is 1. The highest BCUT2D eigenvalue weighted by molar-refractivity contribution is 5.78. The second kappa shape index (κ2) is 7.33. The van der Waals surface area contributed by atoms with E-state index in [4.69, 9.17) is 5.73 Å². The largest absolute Gasteiger partial charge is 0.468 e. The van der Waals surface area contributed by atoms with Crippen LogP contribution in [0, 0.1) is 0 Å². The molecule has 1 aliphatic heterocycles. The molecule has 22 heavy (non-hydrogen) atoms. The van der Waals surface area contributed by atoms with Crippen molar-refractivity contribution in [1.82, 2.24) is 9.88 Å². The molecule has 122 valence electrons. The minimum atomic E-state index is -4.38. The molecule has 2 heterocycles. The average Bonchev–Trinajstić information content (AvgIpc) is 2.51. The summed E-state index contributed by atoms with van der Waals surface area (Å²) in [4.78, 5) is 10.0. The Hall–Kier alpha value is -1.99. The van der Waals surface area contributed by atoms with Gasteiger partial charge < -0.3 is 15.4 Å². The topological polar surface area (TPSA) is 63.7 Å². The fourth-order valence-electron chi connectivity index (χ4n) is 2.18. The molecule has 0 aliphatic carbocycles. The summed E-state index contributed by atoms with van der Waals surface area (Å²) in [6.07, 6.45) is 0.415. The van der Waals surface area contributed by atoms with Crippen LogP contribution >= 0.6 is 0 Å². The Bertz CT molecular complexity index is 513. The van der Waals surface area contributed by atoms with E-state index in [1.165, 1.54) is 18.7 Å². The highest BCUT2D eigenvalue weighted by atomic mass is 19.4. The second-order valence-corrected chi connectivity index (χ2v) is 5.13. The van der Waals surface area contributed by atoms with Crippen molar-refractivity contribution in [3.8, 4) is 5.88 Å². The number of alkyl halides is 3. The molecule has 0 spiro atoms. The standard InChI is InChI=1S/C14H19F3N4O/c15-14(16,17)10-22-12-8-11(4-5-19-12)9-20-13(18)21-6-2-1-3-7-21/h4-5,8H,1-3,6-7,9-10H2,(H2,18,20). The van der Waals surface area contributed by atoms with Crippen molar-refractivity contribution in [2.45, 2.75) is 32.0 Å². The van der Waals surface area contributed by atoms with Gasteiger partial charge in [-0.25, -0.2) is 9.98 Å². The summed E-state index contributed by atoms with van der Waals surface area (Å²) in [5.74, 6) is 0.399. The molecular formula is C14H19F3N4O. The van der Waals surface area contributed by atoms with Gasteiger partial charge in [0, 0.05) is 25.4 Å². The van der Waals surface area contributed by atoms with Crippen LogP contribution in [0.15, 0.2) is 23.3 Å². The van der Waals surface area contributed by atoms with Crippen molar-refractivity contribution in [1.29, 1.82) is 0 Å². The fourth-order valence-corrected chi connectivity index (χ4v) is 2.18. The Morgan fingerprint density at radius 1 is 1.32 bits per heavy atom. The Morgan fingerprint density at radius 3 is 2.73 bits per heavy atom. The molecule has 1 aliphatic rings. The van der Waals surface area contributed by atoms with E-state index in [0.717, 1.165) is 25.9 Å². The van der Waals surface area contributed by atoms with E-state index in [1.807, 2.05) is 4.90 Å². The molecule has 0 aromatic carbocycles. The predicted octanol–water partition coefficient (Wildman–Crippen LogP) is 2.32. The molecular weight excluding hydrogens is 297 g/mol. The Kier molecular flexibility index (Phi) is 5.46. The maximum Gasteiger partial charge on any atom is 0.422 e. The van der Waals surface area contributed by atoms with Crippen LogP contribution in [0.4, 0.5) is 13.2 Å². The third-order valence-corrected chi connectivity index (χ3v) is 3.29. The van der Waals surface area contributed by atoms with Gasteiger partial charge in [-0.1, -0.05) is 0 Å². The molecule has 1 saturated heterocycles. The van der Waals surface area contributed by atoms with Gasteiger partial charge in [-0.05, 0) is 30.9 Å². The highest BCUT2D eigenvalue weighted by Crippen LogP contribution is 2.18. The molecule has 0 bridgehead atoms. The molecule has 0 radical (unpaired) electrons. The molecule has 8 heteroatoms. The van der Waals surface area contributed by atoms with Crippen LogP contribution in [0.25, 0.3) is 0 Å². The summed E-state index contributed by atoms with van der Waals surface area (Å²) >= 11 is 0. The number of nitrogens with zero attached hydrogens (tertiary/aromatic N) is 3. The maximum atomic E-state index is 12.1. The summed E-state index contributed by atoms with van der Waals surface area (Å²) in [6.45, 7) is 0.715. The number of halogens is 3. The van der Waals surface area contributed by atoms with E-state index in [0.29, 0.717) is 11.5 Å². The van der Waals surface area contributed by atoms with Crippen molar-refractivity contribution in [2.75, 3.05) is 19.7 Å². The lowest BCUT2D eigenvalue weighted by Crippen LogP contribution is -2.40. The summed E-state index contributed by atoms with van der Waals surface area (Å²) in [7, 11) is 0. The lowest BCUT2D eigenvalue weighted by molar-refractivity contribution is -0.154. The van der Waals surface area contributed by atoms with E-state index in [9.17, 15) is 13.2 Å². The van der Waals surface area contributed by atoms with Gasteiger partial charge in [0.15, 0.2) is 12.6 Å². The zero-order chi connectivity index (χ0) is 16.0. The van der Waals surface area contributed by atoms with Crippen molar-refractivity contribution < 1.29 is 17.9 Å². The second-order valence-electron chi connectivity index (χ2n) is 5.13. The van der Waals surface area contributed by atoms with E-state index in [1.54, 1.807) is 6.07 Å². The van der Waals surface area contributed by atoms with Gasteiger partial charge >= 0.3 is 6.18 Å². The minimum absolute atomic E-state index is 0.0680. The number of aliphatic imine (C=N–C) groups is 1. The first kappa shape index (κ1) is 16.4. The molecule has 0 unspecified atom stereocenters. The van der Waals surface area contributed by atoms with Crippen LogP contribution in [0.2, 0.25) is 0 Å². The van der Waals surface area contributed by atoms with Crippen LogP contribution in [0.3, 0.4) is 0 Å². The van der Waals surface area contributed by atoms with Crippen LogP contribution in [-0.4, -0.2) is 41.7 Å². The molecule has 0 saturated carbocycles. The molecule has 1 aromatic rings. The highest BCUT2D eigenvalue weighted by Gasteiger charge is 2.28. The minimum Gasteiger partial charge on any atom is -0.468 e. The number of nitrogens with two attached hydrogens (primary N) is 1. The Labute approximate surface area is 127 Å². The normalized spacial score (nSPS) is 16.7. The van der Waals surface area contributed by atoms with Crippen molar-refractivity contribution in [2.24, 2.45) is 10.7 Å². The SMILES string of the molecule is NC(=NCc1ccnc(OCC(F)(F)F)c1)N1CCCCC1. The number of likely N-dealkylation sites (tertiary alicyclic amines) is 1. The van der Waals surface area contributed by atoms with Gasteiger partial charge in [0.1, 0.15) is 0 Å². The molecule has 2 rings (SSSR count).